The molecule has 2 rings (SSSR count). The number of nitrogens with zero attached hydrogens (tertiary/aromatic N) is 4. The molecule has 5 nitrogen and oxygen atoms in total. The molecular weight excluding hydrogens is 236 g/mol. The van der Waals surface area contributed by atoms with Crippen molar-refractivity contribution in [2.45, 2.75) is 12.7 Å². The Balaban J connectivity index is 2.63. The summed E-state index contributed by atoms with van der Waals surface area (Å²) in [4.78, 5) is 11.8. The van der Waals surface area contributed by atoms with Gasteiger partial charge in [-0.15, -0.1) is 0 Å². The summed E-state index contributed by atoms with van der Waals surface area (Å²) in [7, 11) is 1.59. The molecule has 1 aromatic carbocycles. The maximum absolute atomic E-state index is 11.8. The molecule has 0 radical (unpaired) electrons. The van der Waals surface area contributed by atoms with Gasteiger partial charge in [0.2, 0.25) is 0 Å². The zero-order valence-electron chi connectivity index (χ0n) is 10.0. The van der Waals surface area contributed by atoms with Gasteiger partial charge in [0.05, 0.1) is 5.69 Å². The van der Waals surface area contributed by atoms with Gasteiger partial charge < -0.3 is 0 Å². The Bertz CT molecular complexity index is 587. The maximum atomic E-state index is 11.8. The monoisotopic (exact) mass is 250 g/mol. The average molecular weight is 250 g/mol. The highest BCUT2D eigenvalue weighted by Crippen LogP contribution is 2.20. The second kappa shape index (κ2) is 4.75. The van der Waals surface area contributed by atoms with Gasteiger partial charge in [-0.1, -0.05) is 12.1 Å². The summed E-state index contributed by atoms with van der Waals surface area (Å²) in [6.07, 6.45) is 2.04. The van der Waals surface area contributed by atoms with Gasteiger partial charge in [0, 0.05) is 12.8 Å². The highest BCUT2D eigenvalue weighted by atomic mass is 32.2. The van der Waals surface area contributed by atoms with E-state index in [1.54, 1.807) is 18.8 Å². The first kappa shape index (κ1) is 11.9. The Hall–Kier alpha value is -1.56. The molecule has 0 N–H and O–H groups in total. The molecule has 17 heavy (non-hydrogen) atoms. The fraction of sp³-hybridized carbons (Fsp3) is 0.364. The van der Waals surface area contributed by atoms with E-state index in [-0.39, 0.29) is 5.69 Å². The molecule has 2 aromatic rings. The summed E-state index contributed by atoms with van der Waals surface area (Å²) in [5.74, 6) is 0.852. The van der Waals surface area contributed by atoms with Crippen LogP contribution in [0.5, 0.6) is 0 Å². The van der Waals surface area contributed by atoms with Crippen LogP contribution in [0, 0.1) is 6.92 Å². The first-order chi connectivity index (χ1) is 8.15. The van der Waals surface area contributed by atoms with E-state index in [0.717, 1.165) is 22.6 Å². The summed E-state index contributed by atoms with van der Waals surface area (Å²) >= 11 is 1.72. The minimum atomic E-state index is -0.224. The van der Waals surface area contributed by atoms with Crippen LogP contribution in [0.2, 0.25) is 0 Å². The molecular formula is C11H14N4OS. The van der Waals surface area contributed by atoms with Gasteiger partial charge in [-0.05, 0) is 40.8 Å². The number of benzene rings is 1. The smallest absolute Gasteiger partial charge is 0.244 e. The average Bonchev–Trinajstić information content (AvgIpc) is 2.63. The minimum absolute atomic E-state index is 0.224. The molecule has 90 valence electrons. The van der Waals surface area contributed by atoms with Crippen molar-refractivity contribution in [2.75, 3.05) is 6.26 Å². The van der Waals surface area contributed by atoms with Crippen molar-refractivity contribution in [1.82, 2.24) is 19.8 Å². The van der Waals surface area contributed by atoms with Crippen LogP contribution >= 0.6 is 11.8 Å². The van der Waals surface area contributed by atoms with Crippen LogP contribution in [0.25, 0.3) is 5.69 Å². The number of hydrogen-bond donors (Lipinski definition) is 0. The first-order valence-corrected chi connectivity index (χ1v) is 6.61. The summed E-state index contributed by atoms with van der Waals surface area (Å²) in [6.45, 7) is 2.04. The normalized spacial score (nSPS) is 10.8. The van der Waals surface area contributed by atoms with Crippen LogP contribution in [-0.4, -0.2) is 26.0 Å². The van der Waals surface area contributed by atoms with Crippen molar-refractivity contribution < 1.29 is 0 Å². The van der Waals surface area contributed by atoms with E-state index in [1.807, 2.05) is 31.4 Å². The molecule has 1 aromatic heterocycles. The third-order valence-electron chi connectivity index (χ3n) is 2.62. The molecule has 0 aliphatic carbocycles. The lowest BCUT2D eigenvalue weighted by Gasteiger charge is -2.09. The molecule has 0 aliphatic rings. The van der Waals surface area contributed by atoms with Crippen LogP contribution in [0.3, 0.4) is 0 Å². The second-order valence-corrected chi connectivity index (χ2v) is 4.67. The maximum Gasteiger partial charge on any atom is 0.368 e. The molecule has 0 spiro atoms. The predicted molar refractivity (Wildman–Crippen MR) is 68.6 cm³/mol. The van der Waals surface area contributed by atoms with E-state index in [0.29, 0.717) is 0 Å². The van der Waals surface area contributed by atoms with Crippen LogP contribution in [0.4, 0.5) is 0 Å². The Morgan fingerprint density at radius 1 is 1.35 bits per heavy atom. The highest BCUT2D eigenvalue weighted by molar-refractivity contribution is 7.97. The van der Waals surface area contributed by atoms with E-state index in [1.165, 1.54) is 9.36 Å². The van der Waals surface area contributed by atoms with E-state index in [4.69, 9.17) is 0 Å². The highest BCUT2D eigenvalue weighted by Gasteiger charge is 2.11. The fourth-order valence-corrected chi connectivity index (χ4v) is 2.35. The van der Waals surface area contributed by atoms with Crippen LogP contribution in [0.1, 0.15) is 11.1 Å². The Kier molecular flexibility index (Phi) is 3.33. The molecule has 0 saturated carbocycles. The van der Waals surface area contributed by atoms with Gasteiger partial charge >= 0.3 is 5.69 Å². The molecule has 0 saturated heterocycles. The van der Waals surface area contributed by atoms with Crippen molar-refractivity contribution in [3.05, 3.63) is 39.8 Å². The Morgan fingerprint density at radius 2 is 2.12 bits per heavy atom. The lowest BCUT2D eigenvalue weighted by molar-refractivity contribution is 0.692. The summed E-state index contributed by atoms with van der Waals surface area (Å²) in [5, 5.41) is 7.61. The molecule has 0 aliphatic heterocycles. The van der Waals surface area contributed by atoms with E-state index < -0.39 is 0 Å². The Labute approximate surface area is 103 Å². The fourth-order valence-electron chi connectivity index (χ4n) is 1.68. The number of thioether (sulfide) groups is 1. The lowest BCUT2D eigenvalue weighted by atomic mass is 10.1. The van der Waals surface area contributed by atoms with Crippen LogP contribution in [-0.2, 0) is 12.8 Å². The first-order valence-electron chi connectivity index (χ1n) is 5.22. The molecule has 0 amide bonds. The van der Waals surface area contributed by atoms with Crippen molar-refractivity contribution in [3.8, 4) is 5.69 Å². The number of rotatable bonds is 3. The Morgan fingerprint density at radius 3 is 2.71 bits per heavy atom. The number of hydrogen-bond acceptors (Lipinski definition) is 4. The third-order valence-corrected chi connectivity index (χ3v) is 3.20. The zero-order chi connectivity index (χ0) is 12.4. The predicted octanol–water partition coefficient (Wildman–Crippen LogP) is 1.14. The number of aryl methyl sites for hydroxylation is 2. The number of aromatic nitrogens is 4. The minimum Gasteiger partial charge on any atom is -0.244 e. The standard InChI is InChI=1S/C11H14N4OS/c1-8-5-4-6-10(9(8)7-17-3)15-11(16)14(2)12-13-15/h4-6H,7H2,1-3H3. The van der Waals surface area contributed by atoms with Crippen LogP contribution < -0.4 is 5.69 Å². The van der Waals surface area contributed by atoms with Gasteiger partial charge in [-0.3, -0.25) is 0 Å². The van der Waals surface area contributed by atoms with Gasteiger partial charge in [0.1, 0.15) is 0 Å². The van der Waals surface area contributed by atoms with Crippen molar-refractivity contribution in [1.29, 1.82) is 0 Å². The SMILES string of the molecule is CSCc1c(C)cccc1-n1nnn(C)c1=O. The van der Waals surface area contributed by atoms with Gasteiger partial charge in [0.15, 0.2) is 0 Å². The van der Waals surface area contributed by atoms with E-state index >= 15 is 0 Å². The molecule has 0 fully saturated rings. The molecule has 0 atom stereocenters. The zero-order valence-corrected chi connectivity index (χ0v) is 10.9. The molecule has 0 bridgehead atoms. The molecule has 6 heteroatoms. The number of tetrazole rings is 1. The third kappa shape index (κ3) is 2.12. The molecule has 1 heterocycles. The van der Waals surface area contributed by atoms with Crippen molar-refractivity contribution in [2.24, 2.45) is 7.05 Å². The van der Waals surface area contributed by atoms with Gasteiger partial charge in [-0.2, -0.15) is 21.1 Å². The molecule has 0 unspecified atom stereocenters. The van der Waals surface area contributed by atoms with E-state index in [9.17, 15) is 4.79 Å². The lowest BCUT2D eigenvalue weighted by Crippen LogP contribution is -2.22. The van der Waals surface area contributed by atoms with Gasteiger partial charge in [-0.25, -0.2) is 4.79 Å². The van der Waals surface area contributed by atoms with Crippen molar-refractivity contribution >= 4 is 11.8 Å². The quantitative estimate of drug-likeness (QED) is 0.819. The van der Waals surface area contributed by atoms with Crippen LogP contribution in [0.15, 0.2) is 23.0 Å². The topological polar surface area (TPSA) is 52.7 Å². The summed E-state index contributed by atoms with van der Waals surface area (Å²) in [6, 6.07) is 5.86. The summed E-state index contributed by atoms with van der Waals surface area (Å²) in [5.41, 5.74) is 2.88. The largest absolute Gasteiger partial charge is 0.368 e. The second-order valence-electron chi connectivity index (χ2n) is 3.80. The van der Waals surface area contributed by atoms with Gasteiger partial charge in [0.25, 0.3) is 0 Å². The summed E-state index contributed by atoms with van der Waals surface area (Å²) < 4.78 is 2.57. The van der Waals surface area contributed by atoms with Crippen molar-refractivity contribution in [3.63, 3.8) is 0 Å². The van der Waals surface area contributed by atoms with E-state index in [2.05, 4.69) is 10.4 Å².